The highest BCUT2D eigenvalue weighted by Gasteiger charge is 2.59. The second-order valence-corrected chi connectivity index (χ2v) is 29.6. The molecule has 10 aromatic rings. The Morgan fingerprint density at radius 1 is 0.276 bits per heavy atom. The molecule has 116 heavy (non-hydrogen) atoms. The Morgan fingerprint density at radius 3 is 0.810 bits per heavy atom. The molecule has 14 rings (SSSR count). The van der Waals surface area contributed by atoms with Crippen molar-refractivity contribution < 1.29 is 90.4 Å². The Bertz CT molecular complexity index is 4410. The summed E-state index contributed by atoms with van der Waals surface area (Å²) < 4.78 is 124. The van der Waals surface area contributed by atoms with Gasteiger partial charge in [-0.25, -0.2) is 0 Å². The maximum absolute atomic E-state index is 14.1. The fraction of sp³-hybridized carbons (Fsp3) is 0.365. The predicted molar refractivity (Wildman–Crippen MR) is 433 cm³/mol. The number of amides is 1. The third kappa shape index (κ3) is 23.7. The van der Waals surface area contributed by atoms with Gasteiger partial charge in [-0.1, -0.05) is 303 Å². The SMILES string of the molecule is CC(=O)N[C@H]1C(O)O[C@H](COCc2ccccc2)[C@@H](O[C@@H]2O[C@H](COCc3ccccc3)[C@H](OCc3ccccc3)C(OCc3ccccc3)[C@H]2O[C@@H]2O[C@@H](C)[C@@H](OCc3ccccc3)[C@@H](OCc3ccccc3)[C@@H]2OCc2ccccc2)[C@@H]1O[C@@H]1O[C@@H](C)[C@@H](OCc2ccccc2)[C@@H](OCc2ccccc2)[C@H]1OCc1ccccc1. The molecule has 4 fully saturated rings. The van der Waals surface area contributed by atoms with E-state index < -0.39 is 129 Å². The summed E-state index contributed by atoms with van der Waals surface area (Å²) in [4.78, 5) is 14.1. The van der Waals surface area contributed by atoms with Gasteiger partial charge in [0.1, 0.15) is 85.4 Å². The van der Waals surface area contributed by atoms with Crippen molar-refractivity contribution in [1.82, 2.24) is 5.32 Å². The van der Waals surface area contributed by atoms with Crippen LogP contribution in [0.25, 0.3) is 0 Å². The van der Waals surface area contributed by atoms with E-state index in [0.29, 0.717) is 0 Å². The van der Waals surface area contributed by atoms with Gasteiger partial charge in [-0.15, -0.1) is 0 Å². The van der Waals surface area contributed by atoms with Gasteiger partial charge in [-0.2, -0.15) is 0 Å². The highest BCUT2D eigenvalue weighted by molar-refractivity contribution is 5.73. The van der Waals surface area contributed by atoms with Crippen LogP contribution in [0, 0.1) is 0 Å². The minimum Gasteiger partial charge on any atom is -0.374 e. The lowest BCUT2D eigenvalue weighted by molar-refractivity contribution is -0.402. The Labute approximate surface area is 679 Å². The van der Waals surface area contributed by atoms with Crippen LogP contribution >= 0.6 is 0 Å². The van der Waals surface area contributed by atoms with E-state index in [1.807, 2.05) is 317 Å². The zero-order valence-electron chi connectivity index (χ0n) is 65.7. The Morgan fingerprint density at radius 2 is 0.509 bits per heavy atom. The lowest BCUT2D eigenvalue weighted by atomic mass is 9.93. The van der Waals surface area contributed by atoms with Crippen LogP contribution in [0.15, 0.2) is 303 Å². The lowest BCUT2D eigenvalue weighted by Crippen LogP contribution is -2.70. The third-order valence-electron chi connectivity index (χ3n) is 21.0. The summed E-state index contributed by atoms with van der Waals surface area (Å²) in [5, 5.41) is 15.9. The van der Waals surface area contributed by atoms with E-state index in [1.165, 1.54) is 6.92 Å². The van der Waals surface area contributed by atoms with Gasteiger partial charge in [0, 0.05) is 6.92 Å². The van der Waals surface area contributed by atoms with Gasteiger partial charge in [0.25, 0.3) is 0 Å². The monoisotopic (exact) mass is 1580 g/mol. The van der Waals surface area contributed by atoms with E-state index >= 15 is 0 Å². The molecule has 20 heteroatoms. The third-order valence-corrected chi connectivity index (χ3v) is 21.0. The first-order valence-electron chi connectivity index (χ1n) is 40.1. The van der Waals surface area contributed by atoms with Gasteiger partial charge in [0.05, 0.1) is 91.5 Å². The van der Waals surface area contributed by atoms with Crippen molar-refractivity contribution in [1.29, 1.82) is 0 Å². The first-order valence-corrected chi connectivity index (χ1v) is 40.1. The summed E-state index contributed by atoms with van der Waals surface area (Å²) >= 11 is 0. The summed E-state index contributed by atoms with van der Waals surface area (Å²) in [7, 11) is 0. The summed E-state index contributed by atoms with van der Waals surface area (Å²) in [5.74, 6) is -0.518. The van der Waals surface area contributed by atoms with E-state index in [4.69, 9.17) is 80.5 Å². The van der Waals surface area contributed by atoms with Crippen LogP contribution in [0.2, 0.25) is 0 Å². The highest BCUT2D eigenvalue weighted by atomic mass is 16.8. The normalized spacial score (nSPS) is 27.4. The number of carbonyl (C=O) groups is 1. The number of nitrogens with one attached hydrogen (secondary N) is 1. The molecule has 4 aliphatic rings. The van der Waals surface area contributed by atoms with E-state index in [-0.39, 0.29) is 79.3 Å². The van der Waals surface area contributed by atoms with Crippen LogP contribution in [0.1, 0.15) is 76.4 Å². The lowest BCUT2D eigenvalue weighted by Gasteiger charge is -2.52. The number of rotatable bonds is 39. The standard InChI is InChI=1S/C96H105NO19/c1-66-82(102-56-71-38-18-6-19-39-71)87(105-59-74-44-24-9-25-45-74)90(108-62-77-50-30-12-31-51-77)94(110-66)115-86-81(97-68(3)98)93(99)112-80(65-101-55-70-36-16-5-17-37-70)85(86)114-96-92(89(107-61-76-48-28-11-29-49-76)84(104-58-73-42-22-8-23-43-73)79(113-96)64-100-54-69-34-14-4-15-35-69)116-95-91(109-63-78-52-32-13-33-53-78)88(106-60-75-46-26-10-27-47-75)83(67(2)111-95)103-57-72-40-20-7-21-41-72/h4-53,66-67,79-96,99H,54-65H2,1-3H3,(H,97,98)/t66-,67-,79+,80+,81+,82+,83+,84-,85+,86+,87+,88+,89?,90+,91-,92+,93?,94-,95-,96-/m0/s1. The first-order chi connectivity index (χ1) is 57.1. The molecule has 0 radical (unpaired) electrons. The predicted octanol–water partition coefficient (Wildman–Crippen LogP) is 14.7. The van der Waals surface area contributed by atoms with Gasteiger partial charge < -0.3 is 90.9 Å². The van der Waals surface area contributed by atoms with E-state index in [1.54, 1.807) is 0 Å². The van der Waals surface area contributed by atoms with Crippen LogP contribution in [0.5, 0.6) is 0 Å². The highest BCUT2D eigenvalue weighted by Crippen LogP contribution is 2.41. The van der Waals surface area contributed by atoms with Crippen LogP contribution < -0.4 is 5.32 Å². The molecule has 4 aliphatic heterocycles. The van der Waals surface area contributed by atoms with Crippen LogP contribution in [-0.4, -0.2) is 147 Å². The largest absolute Gasteiger partial charge is 0.374 e. The number of benzene rings is 10. The number of aliphatic hydroxyl groups is 1. The van der Waals surface area contributed by atoms with Crippen molar-refractivity contribution in [2.75, 3.05) is 13.2 Å². The number of aliphatic hydroxyl groups excluding tert-OH is 1. The molecule has 608 valence electrons. The minimum atomic E-state index is -1.76. The second kappa shape index (κ2) is 43.4. The summed E-state index contributed by atoms with van der Waals surface area (Å²) in [6.07, 6.45) is -21.5. The molecule has 20 nitrogen and oxygen atoms in total. The number of hydrogen-bond acceptors (Lipinski definition) is 19. The molecule has 0 aliphatic carbocycles. The molecule has 0 bridgehead atoms. The van der Waals surface area contributed by atoms with Gasteiger partial charge in [-0.05, 0) is 69.5 Å². The van der Waals surface area contributed by atoms with E-state index in [0.717, 1.165) is 55.6 Å². The second-order valence-electron chi connectivity index (χ2n) is 29.6. The molecule has 2 unspecified atom stereocenters. The van der Waals surface area contributed by atoms with Gasteiger partial charge in [0.15, 0.2) is 25.2 Å². The molecule has 0 aromatic heterocycles. The van der Waals surface area contributed by atoms with Crippen molar-refractivity contribution in [3.05, 3.63) is 359 Å². The van der Waals surface area contributed by atoms with Gasteiger partial charge in [-0.3, -0.25) is 4.79 Å². The summed E-state index contributed by atoms with van der Waals surface area (Å²) in [5.41, 5.74) is 8.93. The van der Waals surface area contributed by atoms with Crippen molar-refractivity contribution in [3.63, 3.8) is 0 Å². The van der Waals surface area contributed by atoms with Gasteiger partial charge in [0.2, 0.25) is 5.91 Å². The van der Waals surface area contributed by atoms with Crippen molar-refractivity contribution in [2.45, 2.75) is 210 Å². The molecule has 10 aromatic carbocycles. The number of carbonyl (C=O) groups excluding carboxylic acids is 1. The molecule has 20 atom stereocenters. The topological polar surface area (TPSA) is 206 Å². The first kappa shape index (κ1) is 83.4. The summed E-state index contributed by atoms with van der Waals surface area (Å²) in [6.45, 7) is 6.35. The van der Waals surface area contributed by atoms with E-state index in [2.05, 4.69) is 5.32 Å². The zero-order chi connectivity index (χ0) is 79.5. The maximum Gasteiger partial charge on any atom is 0.217 e. The minimum absolute atomic E-state index is 0.0467. The zero-order valence-corrected chi connectivity index (χ0v) is 65.7. The van der Waals surface area contributed by atoms with Crippen molar-refractivity contribution in [2.24, 2.45) is 0 Å². The fourth-order valence-corrected chi connectivity index (χ4v) is 15.1. The Balaban J connectivity index is 0.913. The molecule has 1 amide bonds. The average molecular weight is 1580 g/mol. The van der Waals surface area contributed by atoms with E-state index in [9.17, 15) is 9.90 Å². The van der Waals surface area contributed by atoms with Crippen molar-refractivity contribution >= 4 is 5.91 Å². The maximum atomic E-state index is 14.1. The Kier molecular flexibility index (Phi) is 31.2. The fourth-order valence-electron chi connectivity index (χ4n) is 15.1. The van der Waals surface area contributed by atoms with Crippen LogP contribution in [-0.2, 0) is 151 Å². The van der Waals surface area contributed by atoms with Crippen molar-refractivity contribution in [3.8, 4) is 0 Å². The smallest absolute Gasteiger partial charge is 0.217 e. The Hall–Kier alpha value is -9.05. The molecule has 0 spiro atoms. The molecular formula is C96H105NO19. The number of ether oxygens (including phenoxy) is 17. The average Bonchev–Trinajstić information content (AvgIpc) is 0.758. The molecule has 0 saturated carbocycles. The number of hydrogen-bond donors (Lipinski definition) is 2. The van der Waals surface area contributed by atoms with Crippen LogP contribution in [0.4, 0.5) is 0 Å². The quantitative estimate of drug-likeness (QED) is 0.0367. The van der Waals surface area contributed by atoms with Gasteiger partial charge >= 0.3 is 0 Å². The summed E-state index contributed by atoms with van der Waals surface area (Å²) in [6, 6.07) is 97.2. The molecule has 4 heterocycles. The molecule has 4 saturated heterocycles. The molecular weight excluding hydrogens is 1470 g/mol. The molecule has 2 N–H and O–H groups in total. The van der Waals surface area contributed by atoms with Crippen LogP contribution in [0.3, 0.4) is 0 Å².